The highest BCUT2D eigenvalue weighted by Crippen LogP contribution is 2.29. The minimum absolute atomic E-state index is 0.00594. The number of hydrogen-bond acceptors (Lipinski definition) is 2. The first-order chi connectivity index (χ1) is 10.5. The highest BCUT2D eigenvalue weighted by atomic mass is 16.2. The molecule has 1 amide bonds. The zero-order valence-electron chi connectivity index (χ0n) is 13.9. The number of benzene rings is 1. The molecule has 3 nitrogen and oxygen atoms in total. The molecule has 1 saturated carbocycles. The van der Waals surface area contributed by atoms with Crippen LogP contribution in [0.5, 0.6) is 0 Å². The third kappa shape index (κ3) is 4.43. The quantitative estimate of drug-likeness (QED) is 0.838. The molecule has 0 radical (unpaired) electrons. The minimum Gasteiger partial charge on any atom is -0.353 e. The molecule has 1 aliphatic carbocycles. The van der Waals surface area contributed by atoms with E-state index in [0.717, 1.165) is 12.0 Å². The molecule has 0 unspecified atom stereocenters. The summed E-state index contributed by atoms with van der Waals surface area (Å²) < 4.78 is 0. The normalized spacial score (nSPS) is 24.8. The molecule has 0 saturated heterocycles. The van der Waals surface area contributed by atoms with Crippen LogP contribution < -0.4 is 5.32 Å². The lowest BCUT2D eigenvalue weighted by Crippen LogP contribution is -2.43. The molecule has 0 aliphatic heterocycles. The third-order valence-electron chi connectivity index (χ3n) is 5.01. The smallest absolute Gasteiger partial charge is 0.220 e. The van der Waals surface area contributed by atoms with Crippen LogP contribution in [-0.4, -0.2) is 17.7 Å². The van der Waals surface area contributed by atoms with Crippen molar-refractivity contribution in [2.24, 2.45) is 11.8 Å². The summed E-state index contributed by atoms with van der Waals surface area (Å²) >= 11 is 0. The largest absolute Gasteiger partial charge is 0.353 e. The molecule has 3 atom stereocenters. The Hall–Kier alpha value is -1.64. The van der Waals surface area contributed by atoms with Crippen LogP contribution in [0.25, 0.3) is 0 Å². The van der Waals surface area contributed by atoms with Crippen LogP contribution in [-0.2, 0) is 4.79 Å². The minimum atomic E-state index is 0.00594. The Kier molecular flexibility index (Phi) is 5.76. The van der Waals surface area contributed by atoms with Gasteiger partial charge < -0.3 is 5.32 Å². The van der Waals surface area contributed by atoms with Crippen molar-refractivity contribution in [2.75, 3.05) is 0 Å². The molecule has 0 bridgehead atoms. The van der Waals surface area contributed by atoms with Crippen molar-refractivity contribution < 1.29 is 9.59 Å². The van der Waals surface area contributed by atoms with Gasteiger partial charge in [0.05, 0.1) is 0 Å². The Bertz CT molecular complexity index is 521. The van der Waals surface area contributed by atoms with Gasteiger partial charge in [0.25, 0.3) is 0 Å². The van der Waals surface area contributed by atoms with Gasteiger partial charge in [-0.2, -0.15) is 0 Å². The molecule has 120 valence electrons. The number of amides is 1. The summed E-state index contributed by atoms with van der Waals surface area (Å²) in [5.41, 5.74) is 1.83. The summed E-state index contributed by atoms with van der Waals surface area (Å²) in [4.78, 5) is 24.2. The number of Topliss-reactive ketones (excluding diaryl/α,β-unsaturated/α-hetero) is 1. The maximum Gasteiger partial charge on any atom is 0.220 e. The van der Waals surface area contributed by atoms with Crippen LogP contribution in [0.3, 0.4) is 0 Å². The summed E-state index contributed by atoms with van der Waals surface area (Å²) in [6, 6.07) is 7.79. The van der Waals surface area contributed by atoms with Crippen molar-refractivity contribution >= 4 is 11.7 Å². The summed E-state index contributed by atoms with van der Waals surface area (Å²) in [6.45, 7) is 6.46. The third-order valence-corrected chi connectivity index (χ3v) is 5.01. The van der Waals surface area contributed by atoms with Crippen LogP contribution >= 0.6 is 0 Å². The Balaban J connectivity index is 1.80. The van der Waals surface area contributed by atoms with Crippen LogP contribution in [0, 0.1) is 18.8 Å². The van der Waals surface area contributed by atoms with Gasteiger partial charge in [-0.25, -0.2) is 0 Å². The summed E-state index contributed by atoms with van der Waals surface area (Å²) in [5, 5.41) is 3.12. The summed E-state index contributed by atoms with van der Waals surface area (Å²) in [5.74, 6) is 1.23. The van der Waals surface area contributed by atoms with Gasteiger partial charge in [0.1, 0.15) is 0 Å². The lowest BCUT2D eigenvalue weighted by molar-refractivity contribution is -0.122. The fraction of sp³-hybridized carbons (Fsp3) is 0.579. The van der Waals surface area contributed by atoms with Crippen LogP contribution in [0.15, 0.2) is 24.3 Å². The average Bonchev–Trinajstić information content (AvgIpc) is 2.50. The van der Waals surface area contributed by atoms with Crippen molar-refractivity contribution in [1.82, 2.24) is 5.32 Å². The molecule has 22 heavy (non-hydrogen) atoms. The van der Waals surface area contributed by atoms with Crippen molar-refractivity contribution in [3.8, 4) is 0 Å². The molecular weight excluding hydrogens is 274 g/mol. The molecule has 1 N–H and O–H groups in total. The predicted octanol–water partition coefficient (Wildman–Crippen LogP) is 3.90. The lowest BCUT2D eigenvalue weighted by Gasteiger charge is -2.34. The molecule has 3 heteroatoms. The highest BCUT2D eigenvalue weighted by Gasteiger charge is 2.28. The van der Waals surface area contributed by atoms with Gasteiger partial charge in [-0.3, -0.25) is 9.59 Å². The number of aryl methyl sites for hydroxylation is 1. The first-order valence-corrected chi connectivity index (χ1v) is 8.36. The van der Waals surface area contributed by atoms with Gasteiger partial charge in [-0.15, -0.1) is 0 Å². The molecule has 1 aliphatic rings. The second-order valence-electron chi connectivity index (χ2n) is 6.73. The molecule has 0 heterocycles. The number of ketones is 1. The number of hydrogen-bond donors (Lipinski definition) is 1. The van der Waals surface area contributed by atoms with E-state index >= 15 is 0 Å². The first kappa shape index (κ1) is 16.7. The monoisotopic (exact) mass is 301 g/mol. The van der Waals surface area contributed by atoms with E-state index in [0.29, 0.717) is 17.4 Å². The van der Waals surface area contributed by atoms with E-state index in [-0.39, 0.29) is 30.6 Å². The Labute approximate surface area is 133 Å². The second-order valence-corrected chi connectivity index (χ2v) is 6.73. The van der Waals surface area contributed by atoms with Crippen LogP contribution in [0.2, 0.25) is 0 Å². The first-order valence-electron chi connectivity index (χ1n) is 8.36. The Morgan fingerprint density at radius 2 is 1.77 bits per heavy atom. The van der Waals surface area contributed by atoms with Gasteiger partial charge in [-0.1, -0.05) is 56.5 Å². The molecule has 2 rings (SSSR count). The van der Waals surface area contributed by atoms with Crippen molar-refractivity contribution in [2.45, 2.75) is 58.9 Å². The predicted molar refractivity (Wildman–Crippen MR) is 88.9 cm³/mol. The zero-order valence-corrected chi connectivity index (χ0v) is 13.9. The molecule has 0 spiro atoms. The number of nitrogens with one attached hydrogen (secondary N) is 1. The van der Waals surface area contributed by atoms with Crippen molar-refractivity contribution in [1.29, 1.82) is 0 Å². The topological polar surface area (TPSA) is 46.2 Å². The van der Waals surface area contributed by atoms with E-state index in [1.165, 1.54) is 12.8 Å². The molecule has 1 fully saturated rings. The standard InChI is InChI=1S/C19H27NO2/c1-13-7-9-16(10-8-13)18(21)11-12-19(22)20-17-6-4-5-14(2)15(17)3/h7-10,14-15,17H,4-6,11-12H2,1-3H3,(H,20,22)/t14-,15+,17-/m1/s1. The molecule has 0 aromatic heterocycles. The summed E-state index contributed by atoms with van der Waals surface area (Å²) in [6.07, 6.45) is 4.05. The SMILES string of the molecule is Cc1ccc(C(=O)CCC(=O)N[C@@H]2CCC[C@@H](C)[C@@H]2C)cc1. The van der Waals surface area contributed by atoms with E-state index in [4.69, 9.17) is 0 Å². The second kappa shape index (κ2) is 7.57. The fourth-order valence-corrected chi connectivity index (χ4v) is 3.18. The zero-order chi connectivity index (χ0) is 16.1. The van der Waals surface area contributed by atoms with E-state index in [9.17, 15) is 9.59 Å². The van der Waals surface area contributed by atoms with Crippen molar-refractivity contribution in [3.05, 3.63) is 35.4 Å². The van der Waals surface area contributed by atoms with Crippen LogP contribution in [0.4, 0.5) is 0 Å². The van der Waals surface area contributed by atoms with Gasteiger partial charge in [0.15, 0.2) is 5.78 Å². The van der Waals surface area contributed by atoms with E-state index < -0.39 is 0 Å². The number of carbonyl (C=O) groups is 2. The maximum atomic E-state index is 12.1. The number of carbonyl (C=O) groups excluding carboxylic acids is 2. The van der Waals surface area contributed by atoms with E-state index in [1.807, 2.05) is 31.2 Å². The van der Waals surface area contributed by atoms with Crippen molar-refractivity contribution in [3.63, 3.8) is 0 Å². The van der Waals surface area contributed by atoms with E-state index in [1.54, 1.807) is 0 Å². The molecule has 1 aromatic rings. The Morgan fingerprint density at radius 3 is 2.45 bits per heavy atom. The highest BCUT2D eigenvalue weighted by molar-refractivity contribution is 5.97. The maximum absolute atomic E-state index is 12.1. The van der Waals surface area contributed by atoms with Gasteiger partial charge >= 0.3 is 0 Å². The lowest BCUT2D eigenvalue weighted by atomic mass is 9.78. The number of rotatable bonds is 5. The van der Waals surface area contributed by atoms with Gasteiger partial charge in [-0.05, 0) is 25.2 Å². The van der Waals surface area contributed by atoms with Gasteiger partial charge in [0.2, 0.25) is 5.91 Å². The molecule has 1 aromatic carbocycles. The van der Waals surface area contributed by atoms with Crippen LogP contribution in [0.1, 0.15) is 61.9 Å². The molecular formula is C19H27NO2. The fourth-order valence-electron chi connectivity index (χ4n) is 3.18. The average molecular weight is 301 g/mol. The van der Waals surface area contributed by atoms with E-state index in [2.05, 4.69) is 19.2 Å². The summed E-state index contributed by atoms with van der Waals surface area (Å²) in [7, 11) is 0. The Morgan fingerprint density at radius 1 is 1.09 bits per heavy atom. The van der Waals surface area contributed by atoms with Gasteiger partial charge in [0, 0.05) is 24.4 Å².